The Morgan fingerprint density at radius 1 is 1.25 bits per heavy atom. The van der Waals surface area contributed by atoms with Crippen molar-refractivity contribution < 1.29 is 4.52 Å². The molecule has 24 heavy (non-hydrogen) atoms. The van der Waals surface area contributed by atoms with Crippen molar-refractivity contribution in [2.45, 2.75) is 58.5 Å². The van der Waals surface area contributed by atoms with Crippen LogP contribution in [0.4, 0.5) is 0 Å². The van der Waals surface area contributed by atoms with Crippen molar-refractivity contribution in [1.29, 1.82) is 0 Å². The molecular weight excluding hydrogens is 302 g/mol. The summed E-state index contributed by atoms with van der Waals surface area (Å²) in [5.41, 5.74) is 2.23. The molecule has 1 aliphatic carbocycles. The highest BCUT2D eigenvalue weighted by Gasteiger charge is 2.34. The van der Waals surface area contributed by atoms with Crippen LogP contribution in [-0.4, -0.2) is 48.7 Å². The lowest BCUT2D eigenvalue weighted by Crippen LogP contribution is -2.40. The SMILES string of the molecule is CCc1noc(CC)c1CNC(=NC)NCC1CCN(C2CC2)C1. The van der Waals surface area contributed by atoms with Gasteiger partial charge in [0.2, 0.25) is 0 Å². The smallest absolute Gasteiger partial charge is 0.191 e. The number of guanidine groups is 1. The molecular formula is C18H31N5O. The van der Waals surface area contributed by atoms with Gasteiger partial charge < -0.3 is 20.1 Å². The van der Waals surface area contributed by atoms with Gasteiger partial charge in [-0.05, 0) is 38.1 Å². The quantitative estimate of drug-likeness (QED) is 0.590. The van der Waals surface area contributed by atoms with Crippen molar-refractivity contribution in [2.24, 2.45) is 10.9 Å². The zero-order valence-electron chi connectivity index (χ0n) is 15.3. The van der Waals surface area contributed by atoms with Gasteiger partial charge in [-0.15, -0.1) is 0 Å². The molecule has 1 unspecified atom stereocenters. The van der Waals surface area contributed by atoms with Gasteiger partial charge >= 0.3 is 0 Å². The van der Waals surface area contributed by atoms with Gasteiger partial charge in [-0.1, -0.05) is 19.0 Å². The minimum Gasteiger partial charge on any atom is -0.361 e. The Labute approximate surface area is 145 Å². The third kappa shape index (κ3) is 4.09. The van der Waals surface area contributed by atoms with Crippen LogP contribution in [0.1, 0.15) is 50.1 Å². The van der Waals surface area contributed by atoms with E-state index >= 15 is 0 Å². The van der Waals surface area contributed by atoms with E-state index in [0.717, 1.165) is 48.8 Å². The fourth-order valence-electron chi connectivity index (χ4n) is 3.57. The second-order valence-corrected chi connectivity index (χ2v) is 6.93. The van der Waals surface area contributed by atoms with Crippen LogP contribution in [0.2, 0.25) is 0 Å². The first-order valence-corrected chi connectivity index (χ1v) is 9.40. The standard InChI is InChI=1S/C18H31N5O/c1-4-16-15(17(5-2)24-22-16)11-21-18(19-3)20-10-13-8-9-23(12-13)14-6-7-14/h13-14H,4-12H2,1-3H3,(H2,19,20,21). The summed E-state index contributed by atoms with van der Waals surface area (Å²) in [5, 5.41) is 11.1. The third-order valence-corrected chi connectivity index (χ3v) is 5.20. The van der Waals surface area contributed by atoms with Gasteiger partial charge in [-0.25, -0.2) is 0 Å². The summed E-state index contributed by atoms with van der Waals surface area (Å²) in [6, 6.07) is 0.890. The van der Waals surface area contributed by atoms with E-state index in [1.807, 2.05) is 7.05 Å². The molecule has 0 radical (unpaired) electrons. The molecule has 1 atom stereocenters. The highest BCUT2D eigenvalue weighted by molar-refractivity contribution is 5.79. The zero-order valence-corrected chi connectivity index (χ0v) is 15.3. The lowest BCUT2D eigenvalue weighted by Gasteiger charge is -2.17. The van der Waals surface area contributed by atoms with Gasteiger partial charge in [0, 0.05) is 44.7 Å². The molecule has 3 rings (SSSR count). The number of hydrogen-bond acceptors (Lipinski definition) is 4. The maximum Gasteiger partial charge on any atom is 0.191 e. The van der Waals surface area contributed by atoms with Crippen LogP contribution in [-0.2, 0) is 19.4 Å². The average molecular weight is 333 g/mol. The Hall–Kier alpha value is -1.56. The Balaban J connectivity index is 1.46. The van der Waals surface area contributed by atoms with E-state index in [2.05, 4.69) is 39.5 Å². The van der Waals surface area contributed by atoms with Gasteiger partial charge in [0.25, 0.3) is 0 Å². The molecule has 1 aromatic heterocycles. The molecule has 2 aliphatic rings. The highest BCUT2D eigenvalue weighted by atomic mass is 16.5. The maximum absolute atomic E-state index is 5.43. The number of nitrogens with zero attached hydrogens (tertiary/aromatic N) is 3. The lowest BCUT2D eigenvalue weighted by molar-refractivity contribution is 0.314. The number of nitrogens with one attached hydrogen (secondary N) is 2. The summed E-state index contributed by atoms with van der Waals surface area (Å²) in [6.45, 7) is 8.42. The van der Waals surface area contributed by atoms with Crippen molar-refractivity contribution >= 4 is 5.96 Å². The summed E-state index contributed by atoms with van der Waals surface area (Å²) in [5.74, 6) is 2.58. The molecule has 6 heteroatoms. The summed E-state index contributed by atoms with van der Waals surface area (Å²) in [6.07, 6.45) is 5.87. The van der Waals surface area contributed by atoms with Gasteiger partial charge in [0.05, 0.1) is 5.69 Å². The Morgan fingerprint density at radius 2 is 2.08 bits per heavy atom. The third-order valence-electron chi connectivity index (χ3n) is 5.20. The summed E-state index contributed by atoms with van der Waals surface area (Å²) in [7, 11) is 1.83. The van der Waals surface area contributed by atoms with E-state index in [9.17, 15) is 0 Å². The summed E-state index contributed by atoms with van der Waals surface area (Å²) in [4.78, 5) is 7.01. The van der Waals surface area contributed by atoms with Crippen LogP contribution in [0.3, 0.4) is 0 Å². The fourth-order valence-corrected chi connectivity index (χ4v) is 3.57. The van der Waals surface area contributed by atoms with Gasteiger partial charge in [-0.3, -0.25) is 4.99 Å². The minimum atomic E-state index is 0.717. The number of hydrogen-bond donors (Lipinski definition) is 2. The normalized spacial score (nSPS) is 22.1. The average Bonchev–Trinajstić information content (AvgIpc) is 3.21. The molecule has 1 saturated heterocycles. The van der Waals surface area contributed by atoms with Crippen LogP contribution >= 0.6 is 0 Å². The molecule has 2 N–H and O–H groups in total. The van der Waals surface area contributed by atoms with Crippen LogP contribution < -0.4 is 10.6 Å². The molecule has 0 amide bonds. The van der Waals surface area contributed by atoms with Crippen molar-refractivity contribution in [1.82, 2.24) is 20.7 Å². The second-order valence-electron chi connectivity index (χ2n) is 6.93. The van der Waals surface area contributed by atoms with E-state index in [1.165, 1.54) is 37.9 Å². The predicted octanol–water partition coefficient (Wildman–Crippen LogP) is 1.95. The molecule has 134 valence electrons. The fraction of sp³-hybridized carbons (Fsp3) is 0.778. The lowest BCUT2D eigenvalue weighted by atomic mass is 10.1. The van der Waals surface area contributed by atoms with Gasteiger partial charge in [0.1, 0.15) is 5.76 Å². The van der Waals surface area contributed by atoms with E-state index < -0.39 is 0 Å². The first-order chi connectivity index (χ1) is 11.7. The molecule has 6 nitrogen and oxygen atoms in total. The Kier molecular flexibility index (Phi) is 5.76. The maximum atomic E-state index is 5.43. The van der Waals surface area contributed by atoms with E-state index in [1.54, 1.807) is 0 Å². The topological polar surface area (TPSA) is 65.7 Å². The van der Waals surface area contributed by atoms with Crippen LogP contribution in [0.5, 0.6) is 0 Å². The molecule has 1 aliphatic heterocycles. The molecule has 0 bridgehead atoms. The number of rotatable bonds is 7. The van der Waals surface area contributed by atoms with Gasteiger partial charge in [0.15, 0.2) is 5.96 Å². The Morgan fingerprint density at radius 3 is 2.75 bits per heavy atom. The predicted molar refractivity (Wildman–Crippen MR) is 96.2 cm³/mol. The number of aliphatic imine (C=N–C) groups is 1. The minimum absolute atomic E-state index is 0.717. The largest absolute Gasteiger partial charge is 0.361 e. The number of aryl methyl sites for hydroxylation is 2. The van der Waals surface area contributed by atoms with Crippen molar-refractivity contribution in [3.63, 3.8) is 0 Å². The Bertz CT molecular complexity index is 542. The van der Waals surface area contributed by atoms with Crippen molar-refractivity contribution in [3.8, 4) is 0 Å². The zero-order chi connectivity index (χ0) is 16.9. The summed E-state index contributed by atoms with van der Waals surface area (Å²) >= 11 is 0. The van der Waals surface area contributed by atoms with Crippen LogP contribution in [0.15, 0.2) is 9.52 Å². The van der Waals surface area contributed by atoms with E-state index in [-0.39, 0.29) is 0 Å². The van der Waals surface area contributed by atoms with Gasteiger partial charge in [-0.2, -0.15) is 0 Å². The molecule has 0 spiro atoms. The first kappa shape index (κ1) is 17.3. The first-order valence-electron chi connectivity index (χ1n) is 9.40. The molecule has 1 aromatic rings. The molecule has 1 saturated carbocycles. The number of aromatic nitrogens is 1. The monoisotopic (exact) mass is 333 g/mol. The molecule has 2 heterocycles. The van der Waals surface area contributed by atoms with E-state index in [4.69, 9.17) is 4.52 Å². The van der Waals surface area contributed by atoms with Crippen molar-refractivity contribution in [2.75, 3.05) is 26.7 Å². The molecule has 2 fully saturated rings. The van der Waals surface area contributed by atoms with Crippen LogP contribution in [0, 0.1) is 5.92 Å². The highest BCUT2D eigenvalue weighted by Crippen LogP contribution is 2.31. The summed E-state index contributed by atoms with van der Waals surface area (Å²) < 4.78 is 5.43. The second kappa shape index (κ2) is 8.01. The molecule has 0 aromatic carbocycles. The van der Waals surface area contributed by atoms with E-state index in [0.29, 0.717) is 6.54 Å². The van der Waals surface area contributed by atoms with Crippen molar-refractivity contribution in [3.05, 3.63) is 17.0 Å². The number of likely N-dealkylation sites (tertiary alicyclic amines) is 1. The van der Waals surface area contributed by atoms with Crippen LogP contribution in [0.25, 0.3) is 0 Å².